The Labute approximate surface area is 112 Å². The zero-order chi connectivity index (χ0) is 12.9. The summed E-state index contributed by atoms with van der Waals surface area (Å²) in [6.45, 7) is 3.71. The SMILES string of the molecule is CC1(C)Oc2cc(Br)c(-c3cc(N)no3)cc2O1. The summed E-state index contributed by atoms with van der Waals surface area (Å²) in [4.78, 5) is 0. The van der Waals surface area contributed by atoms with Crippen LogP contribution in [0.3, 0.4) is 0 Å². The number of nitrogens with zero attached hydrogens (tertiary/aromatic N) is 1. The van der Waals surface area contributed by atoms with Crippen molar-refractivity contribution >= 4 is 21.7 Å². The number of halogens is 1. The first kappa shape index (κ1) is 11.4. The molecule has 1 aliphatic heterocycles. The van der Waals surface area contributed by atoms with E-state index in [1.165, 1.54) is 0 Å². The van der Waals surface area contributed by atoms with Gasteiger partial charge in [-0.15, -0.1) is 0 Å². The number of fused-ring (bicyclic) bond motifs is 1. The first-order valence-corrected chi connectivity index (χ1v) is 6.18. The number of aromatic nitrogens is 1. The molecule has 6 heteroatoms. The van der Waals surface area contributed by atoms with Crippen molar-refractivity contribution < 1.29 is 14.0 Å². The van der Waals surface area contributed by atoms with Crippen molar-refractivity contribution in [3.05, 3.63) is 22.7 Å². The fourth-order valence-corrected chi connectivity index (χ4v) is 2.37. The van der Waals surface area contributed by atoms with Gasteiger partial charge in [0.05, 0.1) is 0 Å². The van der Waals surface area contributed by atoms with Gasteiger partial charge in [-0.25, -0.2) is 0 Å². The topological polar surface area (TPSA) is 70.5 Å². The highest BCUT2D eigenvalue weighted by Crippen LogP contribution is 2.45. The number of nitrogen functional groups attached to an aromatic ring is 1. The van der Waals surface area contributed by atoms with Gasteiger partial charge in [0.25, 0.3) is 0 Å². The van der Waals surface area contributed by atoms with E-state index in [0.717, 1.165) is 10.0 Å². The number of nitrogens with two attached hydrogens (primary N) is 1. The third-order valence-corrected chi connectivity index (χ3v) is 3.19. The van der Waals surface area contributed by atoms with Crippen LogP contribution < -0.4 is 15.2 Å². The Morgan fingerprint density at radius 1 is 1.17 bits per heavy atom. The maximum absolute atomic E-state index is 5.68. The molecule has 0 fully saturated rings. The van der Waals surface area contributed by atoms with Crippen LogP contribution in [0.4, 0.5) is 5.82 Å². The van der Waals surface area contributed by atoms with E-state index in [9.17, 15) is 0 Å². The second-order valence-electron chi connectivity index (χ2n) is 4.50. The minimum atomic E-state index is -0.652. The van der Waals surface area contributed by atoms with Gasteiger partial charge >= 0.3 is 0 Å². The van der Waals surface area contributed by atoms with Gasteiger partial charge in [0.2, 0.25) is 5.79 Å². The molecule has 1 aromatic carbocycles. The van der Waals surface area contributed by atoms with Crippen LogP contribution in [0.2, 0.25) is 0 Å². The van der Waals surface area contributed by atoms with Crippen molar-refractivity contribution in [1.29, 1.82) is 0 Å². The second-order valence-corrected chi connectivity index (χ2v) is 5.35. The number of hydrogen-bond donors (Lipinski definition) is 1. The van der Waals surface area contributed by atoms with Crippen LogP contribution in [0, 0.1) is 0 Å². The molecule has 2 N–H and O–H groups in total. The van der Waals surface area contributed by atoms with Crippen LogP contribution in [0.5, 0.6) is 11.5 Å². The molecular formula is C12H11BrN2O3. The predicted molar refractivity (Wildman–Crippen MR) is 69.4 cm³/mol. The summed E-state index contributed by atoms with van der Waals surface area (Å²) in [6, 6.07) is 5.35. The third kappa shape index (κ3) is 1.82. The average molecular weight is 311 g/mol. The molecule has 94 valence electrons. The van der Waals surface area contributed by atoms with Crippen LogP contribution >= 0.6 is 15.9 Å². The molecule has 2 heterocycles. The lowest BCUT2D eigenvalue weighted by Gasteiger charge is -2.16. The molecule has 0 atom stereocenters. The maximum atomic E-state index is 5.68. The Morgan fingerprint density at radius 3 is 2.44 bits per heavy atom. The van der Waals surface area contributed by atoms with Crippen molar-refractivity contribution in [3.63, 3.8) is 0 Å². The van der Waals surface area contributed by atoms with Gasteiger partial charge in [-0.05, 0) is 28.1 Å². The Balaban J connectivity index is 2.09. The van der Waals surface area contributed by atoms with Crippen molar-refractivity contribution in [2.45, 2.75) is 19.6 Å². The largest absolute Gasteiger partial charge is 0.449 e. The predicted octanol–water partition coefficient (Wildman–Crippen LogP) is 3.19. The lowest BCUT2D eigenvalue weighted by molar-refractivity contribution is -0.0431. The van der Waals surface area contributed by atoms with E-state index in [2.05, 4.69) is 21.1 Å². The first-order valence-electron chi connectivity index (χ1n) is 5.39. The Kier molecular flexibility index (Phi) is 2.31. The van der Waals surface area contributed by atoms with Gasteiger partial charge in [0.1, 0.15) is 0 Å². The van der Waals surface area contributed by atoms with Crippen LogP contribution in [0.1, 0.15) is 13.8 Å². The molecular weight excluding hydrogens is 300 g/mol. The van der Waals surface area contributed by atoms with Crippen LogP contribution in [0.15, 0.2) is 27.2 Å². The molecule has 3 rings (SSSR count). The quantitative estimate of drug-likeness (QED) is 0.876. The summed E-state index contributed by atoms with van der Waals surface area (Å²) in [6.07, 6.45) is 0. The van der Waals surface area contributed by atoms with Gasteiger partial charge in [-0.1, -0.05) is 5.16 Å². The number of anilines is 1. The van der Waals surface area contributed by atoms with E-state index in [1.54, 1.807) is 6.07 Å². The molecule has 0 saturated carbocycles. The summed E-state index contributed by atoms with van der Waals surface area (Å²) >= 11 is 3.47. The highest BCUT2D eigenvalue weighted by molar-refractivity contribution is 9.10. The van der Waals surface area contributed by atoms with Gasteiger partial charge < -0.3 is 19.7 Å². The molecule has 0 amide bonds. The van der Waals surface area contributed by atoms with Gasteiger partial charge in [0, 0.05) is 30.0 Å². The number of hydrogen-bond acceptors (Lipinski definition) is 5. The second kappa shape index (κ2) is 3.65. The van der Waals surface area contributed by atoms with Crippen molar-refractivity contribution in [1.82, 2.24) is 5.16 Å². The van der Waals surface area contributed by atoms with E-state index in [4.69, 9.17) is 19.7 Å². The van der Waals surface area contributed by atoms with Crippen LogP contribution in [-0.2, 0) is 0 Å². The molecule has 0 bridgehead atoms. The van der Waals surface area contributed by atoms with Gasteiger partial charge in [-0.3, -0.25) is 0 Å². The minimum Gasteiger partial charge on any atom is -0.449 e. The minimum absolute atomic E-state index is 0.342. The molecule has 0 aliphatic carbocycles. The average Bonchev–Trinajstić information content (AvgIpc) is 2.79. The smallest absolute Gasteiger partial charge is 0.246 e. The third-order valence-electron chi connectivity index (χ3n) is 2.54. The molecule has 18 heavy (non-hydrogen) atoms. The normalized spacial score (nSPS) is 15.9. The summed E-state index contributed by atoms with van der Waals surface area (Å²) in [7, 11) is 0. The number of ether oxygens (including phenoxy) is 2. The summed E-state index contributed by atoms with van der Waals surface area (Å²) < 4.78 is 17.3. The fourth-order valence-electron chi connectivity index (χ4n) is 1.85. The molecule has 0 saturated heterocycles. The maximum Gasteiger partial charge on any atom is 0.246 e. The Bertz CT molecular complexity index is 622. The van der Waals surface area contributed by atoms with Gasteiger partial charge in [-0.2, -0.15) is 0 Å². The fraction of sp³-hybridized carbons (Fsp3) is 0.250. The zero-order valence-electron chi connectivity index (χ0n) is 9.86. The molecule has 0 unspecified atom stereocenters. The molecule has 2 aromatic rings. The summed E-state index contributed by atoms with van der Waals surface area (Å²) in [5.41, 5.74) is 6.36. The van der Waals surface area contributed by atoms with Crippen molar-refractivity contribution in [2.24, 2.45) is 0 Å². The van der Waals surface area contributed by atoms with Crippen LogP contribution in [-0.4, -0.2) is 10.9 Å². The number of rotatable bonds is 1. The van der Waals surface area contributed by atoms with E-state index in [-0.39, 0.29) is 0 Å². The van der Waals surface area contributed by atoms with E-state index in [1.807, 2.05) is 26.0 Å². The van der Waals surface area contributed by atoms with E-state index < -0.39 is 5.79 Å². The van der Waals surface area contributed by atoms with Crippen molar-refractivity contribution in [3.8, 4) is 22.8 Å². The molecule has 1 aromatic heterocycles. The Hall–Kier alpha value is -1.69. The van der Waals surface area contributed by atoms with Gasteiger partial charge in [0.15, 0.2) is 23.1 Å². The van der Waals surface area contributed by atoms with E-state index in [0.29, 0.717) is 23.1 Å². The molecule has 5 nitrogen and oxygen atoms in total. The molecule has 1 aliphatic rings. The monoisotopic (exact) mass is 310 g/mol. The highest BCUT2D eigenvalue weighted by Gasteiger charge is 2.32. The summed E-state index contributed by atoms with van der Waals surface area (Å²) in [5.74, 6) is 1.64. The van der Waals surface area contributed by atoms with Crippen LogP contribution in [0.25, 0.3) is 11.3 Å². The standard InChI is InChI=1S/C12H11BrN2O3/c1-12(2)16-9-3-6(7(13)4-10(9)17-12)8-5-11(14)15-18-8/h3-5H,1-2H3,(H2,14,15). The summed E-state index contributed by atoms with van der Waals surface area (Å²) in [5, 5.41) is 3.67. The highest BCUT2D eigenvalue weighted by atomic mass is 79.9. The zero-order valence-corrected chi connectivity index (χ0v) is 11.4. The molecule has 0 radical (unpaired) electrons. The first-order chi connectivity index (χ1) is 8.44. The van der Waals surface area contributed by atoms with Crippen molar-refractivity contribution in [2.75, 3.05) is 5.73 Å². The lowest BCUT2D eigenvalue weighted by Crippen LogP contribution is -2.29. The number of benzene rings is 1. The molecule has 0 spiro atoms. The van der Waals surface area contributed by atoms with E-state index >= 15 is 0 Å². The Morgan fingerprint density at radius 2 is 1.83 bits per heavy atom. The lowest BCUT2D eigenvalue weighted by atomic mass is 10.1.